The van der Waals surface area contributed by atoms with Gasteiger partial charge in [-0.05, 0) is 12.1 Å². The predicted octanol–water partition coefficient (Wildman–Crippen LogP) is 0.584. The maximum atomic E-state index is 5.92. The van der Waals surface area contributed by atoms with E-state index in [4.69, 9.17) is 11.6 Å². The molecule has 5 N–H and O–H groups in total. The van der Waals surface area contributed by atoms with Gasteiger partial charge in [0.15, 0.2) is 0 Å². The van der Waals surface area contributed by atoms with Gasteiger partial charge in [0, 0.05) is 11.6 Å². The molecule has 0 bridgehead atoms. The molecule has 0 fully saturated rings. The fraction of sp³-hybridized carbons (Fsp3) is 0. The van der Waals surface area contributed by atoms with Crippen LogP contribution in [0.4, 0.5) is 5.69 Å². The van der Waals surface area contributed by atoms with Crippen molar-refractivity contribution in [3.63, 3.8) is 0 Å². The van der Waals surface area contributed by atoms with E-state index in [1.54, 1.807) is 17.2 Å². The monoisotopic (exact) mass is 214 g/mol. The van der Waals surface area contributed by atoms with Gasteiger partial charge in [0.1, 0.15) is 17.4 Å². The molecule has 0 radical (unpaired) electrons. The summed E-state index contributed by atoms with van der Waals surface area (Å²) in [6, 6.07) is 5.68. The van der Waals surface area contributed by atoms with Gasteiger partial charge in [0.05, 0.1) is 11.2 Å². The van der Waals surface area contributed by atoms with Gasteiger partial charge in [0.25, 0.3) is 0 Å². The van der Waals surface area contributed by atoms with E-state index < -0.39 is 0 Å². The summed E-state index contributed by atoms with van der Waals surface area (Å²) >= 11 is 0. The molecule has 2 aromatic heterocycles. The van der Waals surface area contributed by atoms with E-state index in [0.29, 0.717) is 11.2 Å². The van der Waals surface area contributed by atoms with Gasteiger partial charge in [-0.15, -0.1) is 0 Å². The molecule has 0 aliphatic carbocycles. The summed E-state index contributed by atoms with van der Waals surface area (Å²) in [5, 5.41) is 0.963. The van der Waals surface area contributed by atoms with Crippen molar-refractivity contribution in [1.29, 1.82) is 0 Å². The first-order chi connectivity index (χ1) is 7.81. The van der Waals surface area contributed by atoms with Gasteiger partial charge in [-0.1, -0.05) is 6.07 Å². The normalized spacial score (nSPS) is 11.1. The number of hydrogen-bond acceptors (Lipinski definition) is 5. The summed E-state index contributed by atoms with van der Waals surface area (Å²) in [4.78, 5) is 8.51. The highest BCUT2D eigenvalue weighted by Crippen LogP contribution is 2.27. The first-order valence-electron chi connectivity index (χ1n) is 4.78. The van der Waals surface area contributed by atoms with Crippen LogP contribution in [0.1, 0.15) is 0 Å². The highest BCUT2D eigenvalue weighted by molar-refractivity contribution is 6.07. The Morgan fingerprint density at radius 1 is 1.25 bits per heavy atom. The Balaban J connectivity index is 2.59. The first kappa shape index (κ1) is 8.93. The Bertz CT molecular complexity index is 671. The Morgan fingerprint density at radius 2 is 2.12 bits per heavy atom. The summed E-state index contributed by atoms with van der Waals surface area (Å²) in [6.45, 7) is 0. The SMILES string of the molecule is NNn1cnc2c(N)cc3cccnc3c21. The van der Waals surface area contributed by atoms with Crippen LogP contribution in [0.15, 0.2) is 30.7 Å². The average molecular weight is 214 g/mol. The number of hydrogen-bond donors (Lipinski definition) is 3. The van der Waals surface area contributed by atoms with E-state index in [2.05, 4.69) is 15.5 Å². The molecule has 16 heavy (non-hydrogen) atoms. The third kappa shape index (κ3) is 1.04. The molecule has 3 rings (SSSR count). The van der Waals surface area contributed by atoms with E-state index >= 15 is 0 Å². The summed E-state index contributed by atoms with van der Waals surface area (Å²) in [5.41, 5.74) is 11.4. The van der Waals surface area contributed by atoms with Crippen molar-refractivity contribution >= 4 is 27.6 Å². The van der Waals surface area contributed by atoms with Crippen LogP contribution in [-0.4, -0.2) is 14.6 Å². The topological polar surface area (TPSA) is 94.8 Å². The van der Waals surface area contributed by atoms with Crippen molar-refractivity contribution in [1.82, 2.24) is 14.6 Å². The van der Waals surface area contributed by atoms with Crippen LogP contribution < -0.4 is 17.1 Å². The lowest BCUT2D eigenvalue weighted by Gasteiger charge is -2.05. The van der Waals surface area contributed by atoms with E-state index in [1.165, 1.54) is 0 Å². The van der Waals surface area contributed by atoms with E-state index in [9.17, 15) is 0 Å². The molecule has 0 amide bonds. The fourth-order valence-electron chi connectivity index (χ4n) is 1.85. The van der Waals surface area contributed by atoms with Gasteiger partial charge >= 0.3 is 0 Å². The van der Waals surface area contributed by atoms with Crippen molar-refractivity contribution in [3.8, 4) is 0 Å². The summed E-state index contributed by atoms with van der Waals surface area (Å²) < 4.78 is 1.60. The number of fused-ring (bicyclic) bond motifs is 3. The van der Waals surface area contributed by atoms with E-state index in [1.807, 2.05) is 18.2 Å². The lowest BCUT2D eigenvalue weighted by atomic mass is 10.1. The quantitative estimate of drug-likeness (QED) is 0.313. The van der Waals surface area contributed by atoms with E-state index in [-0.39, 0.29) is 0 Å². The van der Waals surface area contributed by atoms with Crippen LogP contribution in [-0.2, 0) is 0 Å². The number of imidazole rings is 1. The molecule has 0 spiro atoms. The minimum atomic E-state index is 0.615. The number of rotatable bonds is 1. The van der Waals surface area contributed by atoms with Crippen LogP contribution in [0.25, 0.3) is 21.9 Å². The minimum Gasteiger partial charge on any atom is -0.397 e. The molecule has 6 heteroatoms. The summed E-state index contributed by atoms with van der Waals surface area (Å²) in [5.74, 6) is 5.41. The average Bonchev–Trinajstić information content (AvgIpc) is 2.74. The predicted molar refractivity (Wildman–Crippen MR) is 63.0 cm³/mol. The molecule has 0 unspecified atom stereocenters. The molecule has 3 aromatic rings. The molecular weight excluding hydrogens is 204 g/mol. The molecule has 0 saturated carbocycles. The van der Waals surface area contributed by atoms with Crippen LogP contribution >= 0.6 is 0 Å². The fourth-order valence-corrected chi connectivity index (χ4v) is 1.85. The van der Waals surface area contributed by atoms with Crippen molar-refractivity contribution < 1.29 is 0 Å². The third-order valence-electron chi connectivity index (χ3n) is 2.55. The molecule has 0 aliphatic heterocycles. The largest absolute Gasteiger partial charge is 0.397 e. The summed E-state index contributed by atoms with van der Waals surface area (Å²) in [6.07, 6.45) is 3.31. The second-order valence-electron chi connectivity index (χ2n) is 3.48. The lowest BCUT2D eigenvalue weighted by molar-refractivity contribution is 0.908. The number of pyridine rings is 1. The number of nitrogen functional groups attached to an aromatic ring is 2. The maximum absolute atomic E-state index is 5.92. The zero-order chi connectivity index (χ0) is 11.1. The van der Waals surface area contributed by atoms with Gasteiger partial charge in [-0.3, -0.25) is 10.5 Å². The van der Waals surface area contributed by atoms with Crippen LogP contribution in [0.3, 0.4) is 0 Å². The van der Waals surface area contributed by atoms with E-state index in [0.717, 1.165) is 16.4 Å². The van der Waals surface area contributed by atoms with Crippen molar-refractivity contribution in [2.24, 2.45) is 5.84 Å². The summed E-state index contributed by atoms with van der Waals surface area (Å²) in [7, 11) is 0. The Hall–Kier alpha value is -2.34. The maximum Gasteiger partial charge on any atom is 0.119 e. The van der Waals surface area contributed by atoms with Crippen LogP contribution in [0.5, 0.6) is 0 Å². The number of hydrazine groups is 1. The number of nitrogens with two attached hydrogens (primary N) is 2. The number of nitrogens with one attached hydrogen (secondary N) is 1. The second kappa shape index (κ2) is 3.07. The minimum absolute atomic E-state index is 0.615. The molecular formula is C10H10N6. The Kier molecular flexibility index (Phi) is 1.72. The van der Waals surface area contributed by atoms with Gasteiger partial charge < -0.3 is 5.73 Å². The third-order valence-corrected chi connectivity index (χ3v) is 2.55. The van der Waals surface area contributed by atoms with Gasteiger partial charge in [-0.2, -0.15) is 0 Å². The molecule has 6 nitrogen and oxygen atoms in total. The van der Waals surface area contributed by atoms with Gasteiger partial charge in [0.2, 0.25) is 0 Å². The number of nitrogens with zero attached hydrogens (tertiary/aromatic N) is 3. The number of aromatic nitrogens is 3. The highest BCUT2D eigenvalue weighted by Gasteiger charge is 2.10. The molecule has 2 heterocycles. The second-order valence-corrected chi connectivity index (χ2v) is 3.48. The zero-order valence-electron chi connectivity index (χ0n) is 8.38. The number of benzene rings is 1. The number of anilines is 1. The smallest absolute Gasteiger partial charge is 0.119 e. The Morgan fingerprint density at radius 3 is 2.94 bits per heavy atom. The molecule has 80 valence electrons. The van der Waals surface area contributed by atoms with Crippen LogP contribution in [0.2, 0.25) is 0 Å². The van der Waals surface area contributed by atoms with Crippen molar-refractivity contribution in [2.45, 2.75) is 0 Å². The standard InChI is InChI=1S/C10H10N6/c11-7-4-6-2-1-3-13-8(6)10-9(7)14-5-16(10)15-12/h1-5,15H,11-12H2. The first-order valence-corrected chi connectivity index (χ1v) is 4.78. The van der Waals surface area contributed by atoms with Crippen LogP contribution in [0, 0.1) is 0 Å². The molecule has 0 saturated heterocycles. The van der Waals surface area contributed by atoms with Gasteiger partial charge in [-0.25, -0.2) is 15.5 Å². The zero-order valence-corrected chi connectivity index (χ0v) is 8.38. The van der Waals surface area contributed by atoms with Crippen molar-refractivity contribution in [2.75, 3.05) is 11.3 Å². The molecule has 1 aromatic carbocycles. The van der Waals surface area contributed by atoms with Crippen molar-refractivity contribution in [3.05, 3.63) is 30.7 Å². The molecule has 0 aliphatic rings. The lowest BCUT2D eigenvalue weighted by Crippen LogP contribution is -2.20. The molecule has 0 atom stereocenters. The Labute approximate surface area is 90.8 Å². The highest BCUT2D eigenvalue weighted by atomic mass is 15.6.